The van der Waals surface area contributed by atoms with Crippen LogP contribution < -0.4 is 4.90 Å². The fraction of sp³-hybridized carbons (Fsp3) is 0.222. The molecule has 0 spiro atoms. The molecule has 0 N–H and O–H groups in total. The molecule has 0 radical (unpaired) electrons. The first-order valence-corrected chi connectivity index (χ1v) is 8.15. The molecule has 23 heavy (non-hydrogen) atoms. The first kappa shape index (κ1) is 15.6. The zero-order valence-electron chi connectivity index (χ0n) is 12.7. The van der Waals surface area contributed by atoms with Gasteiger partial charge in [0.1, 0.15) is 5.65 Å². The lowest BCUT2D eigenvalue weighted by atomic mass is 10.2. The number of halogens is 1. The van der Waals surface area contributed by atoms with Crippen LogP contribution in [0.25, 0.3) is 5.65 Å². The van der Waals surface area contributed by atoms with E-state index in [2.05, 4.69) is 4.98 Å². The zero-order chi connectivity index (χ0) is 16.1. The number of carbonyl (C=O) groups excluding carboxylic acids is 1. The largest absolute Gasteiger partial charge is 0.306 e. The summed E-state index contributed by atoms with van der Waals surface area (Å²) in [5.41, 5.74) is 2.74. The van der Waals surface area contributed by atoms with Crippen LogP contribution in [0.2, 0.25) is 0 Å². The number of anilines is 1. The Morgan fingerprint density at radius 3 is 2.70 bits per heavy atom. The van der Waals surface area contributed by atoms with Crippen LogP contribution in [0.4, 0.5) is 5.69 Å². The number of imidazole rings is 1. The number of rotatable bonds is 6. The minimum absolute atomic E-state index is 0.0720. The molecule has 5 heteroatoms. The van der Waals surface area contributed by atoms with Crippen LogP contribution in [-0.2, 0) is 11.3 Å². The van der Waals surface area contributed by atoms with Crippen LogP contribution >= 0.6 is 11.6 Å². The van der Waals surface area contributed by atoms with Crippen molar-refractivity contribution in [1.29, 1.82) is 0 Å². The maximum atomic E-state index is 12.6. The molecule has 0 saturated heterocycles. The molecule has 2 heterocycles. The Balaban J connectivity index is 1.90. The number of para-hydroxylation sites is 1. The molecule has 0 saturated carbocycles. The van der Waals surface area contributed by atoms with Gasteiger partial charge >= 0.3 is 0 Å². The first-order chi connectivity index (χ1) is 11.3. The minimum atomic E-state index is 0.0720. The maximum absolute atomic E-state index is 12.6. The molecule has 118 valence electrons. The average molecular weight is 328 g/mol. The lowest BCUT2D eigenvalue weighted by Gasteiger charge is -2.22. The van der Waals surface area contributed by atoms with Gasteiger partial charge in [-0.25, -0.2) is 4.98 Å². The number of carbonyl (C=O) groups is 1. The van der Waals surface area contributed by atoms with Crippen LogP contribution in [0.3, 0.4) is 0 Å². The molecular formula is C18H18ClN3O. The van der Waals surface area contributed by atoms with Crippen molar-refractivity contribution in [2.45, 2.75) is 19.4 Å². The summed E-state index contributed by atoms with van der Waals surface area (Å²) >= 11 is 5.73. The van der Waals surface area contributed by atoms with Gasteiger partial charge in [0, 0.05) is 24.2 Å². The number of nitrogens with zero attached hydrogens (tertiary/aromatic N) is 3. The van der Waals surface area contributed by atoms with Gasteiger partial charge in [0.25, 0.3) is 0 Å². The number of hydrogen-bond donors (Lipinski definition) is 0. The summed E-state index contributed by atoms with van der Waals surface area (Å²) in [6.07, 6.45) is 4.90. The second kappa shape index (κ2) is 7.29. The van der Waals surface area contributed by atoms with Crippen molar-refractivity contribution in [3.05, 3.63) is 66.6 Å². The van der Waals surface area contributed by atoms with Crippen LogP contribution in [-0.4, -0.2) is 21.2 Å². The van der Waals surface area contributed by atoms with Gasteiger partial charge in [-0.3, -0.25) is 4.79 Å². The normalized spacial score (nSPS) is 10.8. The van der Waals surface area contributed by atoms with Crippen molar-refractivity contribution in [2.24, 2.45) is 0 Å². The highest BCUT2D eigenvalue weighted by Crippen LogP contribution is 2.19. The summed E-state index contributed by atoms with van der Waals surface area (Å²) < 4.78 is 2.00. The topological polar surface area (TPSA) is 37.6 Å². The summed E-state index contributed by atoms with van der Waals surface area (Å²) in [5, 5.41) is 0. The standard InChI is InChI=1S/C18H18ClN3O/c19-11-6-10-18(23)22(15-7-2-1-3-8-15)14-16-13-20-17-9-4-5-12-21(16)17/h1-5,7-9,12-13H,6,10-11,14H2. The second-order valence-electron chi connectivity index (χ2n) is 5.29. The molecule has 2 aromatic heterocycles. The third-order valence-electron chi connectivity index (χ3n) is 3.71. The summed E-state index contributed by atoms with van der Waals surface area (Å²) in [4.78, 5) is 18.8. The number of alkyl halides is 1. The summed E-state index contributed by atoms with van der Waals surface area (Å²) in [5.74, 6) is 0.562. The Morgan fingerprint density at radius 2 is 1.91 bits per heavy atom. The fourth-order valence-electron chi connectivity index (χ4n) is 2.55. The van der Waals surface area contributed by atoms with E-state index < -0.39 is 0 Å². The molecule has 0 bridgehead atoms. The molecule has 1 aromatic carbocycles. The third-order valence-corrected chi connectivity index (χ3v) is 3.97. The van der Waals surface area contributed by atoms with E-state index >= 15 is 0 Å². The van der Waals surface area contributed by atoms with Gasteiger partial charge in [-0.1, -0.05) is 24.3 Å². The van der Waals surface area contributed by atoms with Crippen molar-refractivity contribution in [3.8, 4) is 0 Å². The van der Waals surface area contributed by atoms with Crippen molar-refractivity contribution in [2.75, 3.05) is 10.8 Å². The van der Waals surface area contributed by atoms with E-state index in [4.69, 9.17) is 11.6 Å². The number of pyridine rings is 1. The Kier molecular flexibility index (Phi) is 4.93. The third kappa shape index (κ3) is 3.54. The molecule has 3 aromatic rings. The summed E-state index contributed by atoms with van der Waals surface area (Å²) in [6, 6.07) is 15.6. The number of benzene rings is 1. The predicted octanol–water partition coefficient (Wildman–Crippen LogP) is 3.89. The van der Waals surface area contributed by atoms with Gasteiger partial charge in [-0.15, -0.1) is 11.6 Å². The molecule has 0 aliphatic rings. The quantitative estimate of drug-likeness (QED) is 0.644. The summed E-state index contributed by atoms with van der Waals surface area (Å²) in [7, 11) is 0. The Morgan fingerprint density at radius 1 is 1.13 bits per heavy atom. The number of aromatic nitrogens is 2. The lowest BCUT2D eigenvalue weighted by Crippen LogP contribution is -2.30. The molecule has 0 aliphatic heterocycles. The molecule has 1 amide bonds. The van der Waals surface area contributed by atoms with Gasteiger partial charge in [-0.05, 0) is 30.7 Å². The van der Waals surface area contributed by atoms with Gasteiger partial charge in [0.05, 0.1) is 18.4 Å². The van der Waals surface area contributed by atoms with Crippen LogP contribution in [0.15, 0.2) is 60.9 Å². The fourth-order valence-corrected chi connectivity index (χ4v) is 2.68. The van der Waals surface area contributed by atoms with E-state index in [0.717, 1.165) is 17.0 Å². The molecular weight excluding hydrogens is 310 g/mol. The second-order valence-corrected chi connectivity index (χ2v) is 5.66. The molecule has 0 aliphatic carbocycles. The van der Waals surface area contributed by atoms with Crippen LogP contribution in [0, 0.1) is 0 Å². The van der Waals surface area contributed by atoms with Gasteiger partial charge in [0.15, 0.2) is 0 Å². The Bertz CT molecular complexity index is 785. The smallest absolute Gasteiger partial charge is 0.227 e. The minimum Gasteiger partial charge on any atom is -0.306 e. The van der Waals surface area contributed by atoms with E-state index in [1.54, 1.807) is 4.90 Å². The average Bonchev–Trinajstić information content (AvgIpc) is 3.01. The van der Waals surface area contributed by atoms with Gasteiger partial charge in [-0.2, -0.15) is 0 Å². The van der Waals surface area contributed by atoms with E-state index in [1.807, 2.05) is 65.3 Å². The maximum Gasteiger partial charge on any atom is 0.227 e. The van der Waals surface area contributed by atoms with E-state index in [9.17, 15) is 4.79 Å². The lowest BCUT2D eigenvalue weighted by molar-refractivity contribution is -0.118. The highest BCUT2D eigenvalue weighted by Gasteiger charge is 2.17. The molecule has 0 fully saturated rings. The van der Waals surface area contributed by atoms with Crippen LogP contribution in [0.5, 0.6) is 0 Å². The molecule has 3 rings (SSSR count). The highest BCUT2D eigenvalue weighted by molar-refractivity contribution is 6.18. The molecule has 0 unspecified atom stereocenters. The zero-order valence-corrected chi connectivity index (χ0v) is 13.5. The number of fused-ring (bicyclic) bond motifs is 1. The van der Waals surface area contributed by atoms with E-state index in [-0.39, 0.29) is 5.91 Å². The van der Waals surface area contributed by atoms with Crippen molar-refractivity contribution >= 4 is 28.8 Å². The Labute approximate surface area is 140 Å². The molecule has 4 nitrogen and oxygen atoms in total. The SMILES string of the molecule is O=C(CCCCl)N(Cc1cnc2ccccn12)c1ccccc1. The van der Waals surface area contributed by atoms with E-state index in [1.165, 1.54) is 0 Å². The highest BCUT2D eigenvalue weighted by atomic mass is 35.5. The number of amides is 1. The molecule has 0 atom stereocenters. The monoisotopic (exact) mass is 327 g/mol. The van der Waals surface area contributed by atoms with Crippen molar-refractivity contribution in [3.63, 3.8) is 0 Å². The summed E-state index contributed by atoms with van der Waals surface area (Å²) in [6.45, 7) is 0.482. The van der Waals surface area contributed by atoms with E-state index in [0.29, 0.717) is 25.3 Å². The first-order valence-electron chi connectivity index (χ1n) is 7.62. The van der Waals surface area contributed by atoms with Crippen LogP contribution in [0.1, 0.15) is 18.5 Å². The Hall–Kier alpha value is -2.33. The van der Waals surface area contributed by atoms with Crippen molar-refractivity contribution in [1.82, 2.24) is 9.38 Å². The number of hydrogen-bond acceptors (Lipinski definition) is 2. The van der Waals surface area contributed by atoms with Crippen molar-refractivity contribution < 1.29 is 4.79 Å². The van der Waals surface area contributed by atoms with Gasteiger partial charge in [0.2, 0.25) is 5.91 Å². The predicted molar refractivity (Wildman–Crippen MR) is 92.8 cm³/mol. The van der Waals surface area contributed by atoms with Gasteiger partial charge < -0.3 is 9.30 Å².